The van der Waals surface area contributed by atoms with Crippen LogP contribution >= 0.6 is 0 Å². The number of unbranched alkanes of at least 4 members (excludes halogenated alkanes) is 2. The third-order valence-electron chi connectivity index (χ3n) is 11.2. The molecule has 0 radical (unpaired) electrons. The molecule has 0 aliphatic heterocycles. The van der Waals surface area contributed by atoms with Gasteiger partial charge in [-0.25, -0.2) is 19.2 Å². The van der Waals surface area contributed by atoms with E-state index in [2.05, 4.69) is 49.3 Å². The van der Waals surface area contributed by atoms with E-state index in [4.69, 9.17) is 28.4 Å². The lowest BCUT2D eigenvalue weighted by atomic mass is 9.76. The molecule has 2 aromatic rings. The summed E-state index contributed by atoms with van der Waals surface area (Å²) >= 11 is 0. The molecule has 1 saturated carbocycles. The molecule has 0 spiro atoms. The molecule has 364 valence electrons. The summed E-state index contributed by atoms with van der Waals surface area (Å²) in [7, 11) is 2.32. The van der Waals surface area contributed by atoms with E-state index < -0.39 is 73.8 Å². The van der Waals surface area contributed by atoms with E-state index in [1.807, 2.05) is 0 Å². The fraction of sp³-hybridized carbons (Fsp3) is 0.462. The lowest BCUT2D eigenvalue weighted by molar-refractivity contribution is -0.166. The molecule has 2 atom stereocenters. The number of hydrogen-bond donors (Lipinski definition) is 1. The van der Waals surface area contributed by atoms with Crippen LogP contribution in [-0.4, -0.2) is 87.9 Å². The zero-order valence-corrected chi connectivity index (χ0v) is 39.8. The van der Waals surface area contributed by atoms with Crippen molar-refractivity contribution in [1.29, 1.82) is 0 Å². The molecule has 0 saturated heterocycles. The van der Waals surface area contributed by atoms with Gasteiger partial charge in [-0.2, -0.15) is 0 Å². The van der Waals surface area contributed by atoms with Gasteiger partial charge in [-0.15, -0.1) is 0 Å². The molecule has 1 N–H and O–H groups in total. The van der Waals surface area contributed by atoms with E-state index in [0.717, 1.165) is 44.8 Å². The van der Waals surface area contributed by atoms with Gasteiger partial charge in [0.1, 0.15) is 37.1 Å². The fourth-order valence-corrected chi connectivity index (χ4v) is 7.03. The Kier molecular flexibility index (Phi) is 21.9. The van der Waals surface area contributed by atoms with Gasteiger partial charge < -0.3 is 43.0 Å². The molecule has 0 aromatic heterocycles. The van der Waals surface area contributed by atoms with Gasteiger partial charge in [0.25, 0.3) is 0 Å². The predicted octanol–water partition coefficient (Wildman–Crippen LogP) is 8.77. The van der Waals surface area contributed by atoms with Crippen molar-refractivity contribution in [2.75, 3.05) is 40.6 Å². The predicted molar refractivity (Wildman–Crippen MR) is 250 cm³/mol. The van der Waals surface area contributed by atoms with Gasteiger partial charge in [-0.05, 0) is 93.7 Å². The first-order valence-corrected chi connectivity index (χ1v) is 22.2. The van der Waals surface area contributed by atoms with Crippen LogP contribution in [0.4, 0.5) is 0 Å². The fourth-order valence-electron chi connectivity index (χ4n) is 7.03. The third-order valence-corrected chi connectivity index (χ3v) is 11.2. The molecule has 67 heavy (non-hydrogen) atoms. The minimum absolute atomic E-state index is 0.0404. The quantitative estimate of drug-likeness (QED) is 0.0170. The van der Waals surface area contributed by atoms with Crippen LogP contribution < -0.4 is 14.2 Å². The highest BCUT2D eigenvalue weighted by atomic mass is 16.6. The Morgan fingerprint density at radius 3 is 1.79 bits per heavy atom. The molecular weight excluding hydrogens is 865 g/mol. The molecule has 2 unspecified atom stereocenters. The Bertz CT molecular complexity index is 2160. The van der Waals surface area contributed by atoms with Crippen LogP contribution in [0, 0.1) is 11.3 Å². The Morgan fingerprint density at radius 1 is 0.687 bits per heavy atom. The maximum absolute atomic E-state index is 13.1. The Labute approximate surface area is 393 Å². The lowest BCUT2D eigenvalue weighted by Crippen LogP contribution is -2.45. The highest BCUT2D eigenvalue weighted by Gasteiger charge is 2.38. The van der Waals surface area contributed by atoms with Crippen molar-refractivity contribution < 1.29 is 71.8 Å². The first-order valence-electron chi connectivity index (χ1n) is 22.2. The van der Waals surface area contributed by atoms with Gasteiger partial charge in [-0.1, -0.05) is 77.6 Å². The molecular formula is C52H66O15. The second-order valence-corrected chi connectivity index (χ2v) is 17.1. The molecule has 0 bridgehead atoms. The van der Waals surface area contributed by atoms with Crippen molar-refractivity contribution in [3.63, 3.8) is 0 Å². The largest absolute Gasteiger partial charge is 0.493 e. The number of carbonyl (C=O) groups excluding carboxylic acids is 6. The summed E-state index contributed by atoms with van der Waals surface area (Å²) < 4.78 is 44.2. The van der Waals surface area contributed by atoms with Gasteiger partial charge in [0, 0.05) is 33.4 Å². The first kappa shape index (κ1) is 55.0. The smallest absolute Gasteiger partial charge is 0.338 e. The van der Waals surface area contributed by atoms with Gasteiger partial charge in [0.2, 0.25) is 0 Å². The molecule has 0 amide bonds. The summed E-state index contributed by atoms with van der Waals surface area (Å²) in [4.78, 5) is 75.6. The molecule has 1 fully saturated rings. The van der Waals surface area contributed by atoms with E-state index in [-0.39, 0.29) is 58.3 Å². The minimum atomic E-state index is -1.72. The number of esters is 6. The monoisotopic (exact) mass is 930 g/mol. The Morgan fingerprint density at radius 2 is 1.24 bits per heavy atom. The zero-order valence-electron chi connectivity index (χ0n) is 39.8. The second-order valence-electron chi connectivity index (χ2n) is 17.1. The Hall–Kier alpha value is -6.32. The van der Waals surface area contributed by atoms with E-state index >= 15 is 0 Å². The second kappa shape index (κ2) is 26.7. The molecule has 1 aliphatic carbocycles. The number of benzene rings is 2. The normalized spacial score (nSPS) is 15.6. The summed E-state index contributed by atoms with van der Waals surface area (Å²) in [5, 5.41) is 10.8. The number of hydrogen-bond acceptors (Lipinski definition) is 15. The van der Waals surface area contributed by atoms with Crippen molar-refractivity contribution in [3.8, 4) is 28.4 Å². The van der Waals surface area contributed by atoms with Crippen molar-refractivity contribution in [3.05, 3.63) is 103 Å². The number of ether oxygens (including phenoxy) is 8. The average Bonchev–Trinajstić information content (AvgIpc) is 3.31. The van der Waals surface area contributed by atoms with Crippen LogP contribution in [0.15, 0.2) is 97.2 Å². The molecule has 15 nitrogen and oxygen atoms in total. The Balaban J connectivity index is 2.06. The summed E-state index contributed by atoms with van der Waals surface area (Å²) in [6.45, 7) is 23.2. The van der Waals surface area contributed by atoms with Crippen molar-refractivity contribution in [1.82, 2.24) is 0 Å². The number of methoxy groups -OCH3 is 2. The van der Waals surface area contributed by atoms with Crippen molar-refractivity contribution in [2.45, 2.75) is 104 Å². The SMILES string of the molecule is C=C(C)C(=O)OCC(COC(=O)C(=C)CC(=O)OC)(COc1ccc(-c2cc(OC(=O)C(=C)C)c(C3CCC(CCCCC)CC3)cc2OC(=O)C(=C)C)cc1)COC(O)C(=C)CC(=O)OC. The van der Waals surface area contributed by atoms with Crippen molar-refractivity contribution >= 4 is 35.8 Å². The first-order chi connectivity index (χ1) is 31.7. The van der Waals surface area contributed by atoms with E-state index in [0.29, 0.717) is 22.8 Å². The van der Waals surface area contributed by atoms with Crippen molar-refractivity contribution in [2.24, 2.45) is 11.3 Å². The molecule has 3 rings (SSSR count). The van der Waals surface area contributed by atoms with E-state index in [1.165, 1.54) is 33.3 Å². The highest BCUT2D eigenvalue weighted by Crippen LogP contribution is 2.46. The minimum Gasteiger partial charge on any atom is -0.493 e. The number of aliphatic hydroxyl groups excluding tert-OH is 1. The molecule has 2 aromatic carbocycles. The summed E-state index contributed by atoms with van der Waals surface area (Å²) in [5.41, 5.74) is 0.332. The van der Waals surface area contributed by atoms with Crippen LogP contribution in [0.3, 0.4) is 0 Å². The van der Waals surface area contributed by atoms with Gasteiger partial charge in [-0.3, -0.25) is 9.59 Å². The maximum atomic E-state index is 13.1. The van der Waals surface area contributed by atoms with Crippen LogP contribution in [0.5, 0.6) is 17.2 Å². The van der Waals surface area contributed by atoms with Crippen LogP contribution in [0.2, 0.25) is 0 Å². The van der Waals surface area contributed by atoms with Gasteiger partial charge in [0.15, 0.2) is 6.29 Å². The standard InChI is InChI=1S/C52H66O15/c1-12-13-14-15-37-16-18-38(19-17-37)41-26-44(67-49(57)34(6)7)42(27-43(41)66-48(56)33(4)5)39-20-22-40(23-21-39)62-28-52(29-63-47(55)32(2)3,30-64-50(58)35(8)24-45(53)60-10)31-65-51(59)36(9)25-46(54)61-11/h20-23,26-27,37-38,50,58H,2,4,6,8-9,12-19,24-25,28-31H2,1,3,5,7,10-11H3. The van der Waals surface area contributed by atoms with Gasteiger partial charge >= 0.3 is 35.8 Å². The number of rotatable bonds is 27. The molecule has 1 aliphatic rings. The van der Waals surface area contributed by atoms with Gasteiger partial charge in [0.05, 0.1) is 39.1 Å². The van der Waals surface area contributed by atoms with Crippen LogP contribution in [-0.2, 0) is 52.5 Å². The maximum Gasteiger partial charge on any atom is 0.338 e. The zero-order chi connectivity index (χ0) is 49.8. The lowest BCUT2D eigenvalue weighted by Gasteiger charge is -2.33. The number of carbonyl (C=O) groups is 6. The van der Waals surface area contributed by atoms with E-state index in [9.17, 15) is 33.9 Å². The topological polar surface area (TPSA) is 196 Å². The average molecular weight is 931 g/mol. The van der Waals surface area contributed by atoms with Crippen LogP contribution in [0.25, 0.3) is 11.1 Å². The molecule has 0 heterocycles. The third kappa shape index (κ3) is 17.4. The van der Waals surface area contributed by atoms with Crippen LogP contribution in [0.1, 0.15) is 103 Å². The highest BCUT2D eigenvalue weighted by molar-refractivity contribution is 5.93. The summed E-state index contributed by atoms with van der Waals surface area (Å²) in [6, 6.07) is 10.0. The number of aliphatic hydroxyl groups is 1. The van der Waals surface area contributed by atoms with E-state index in [1.54, 1.807) is 50.2 Å². The summed E-state index contributed by atoms with van der Waals surface area (Å²) in [6.07, 6.45) is 5.95. The summed E-state index contributed by atoms with van der Waals surface area (Å²) in [5.74, 6) is -2.95. The molecule has 15 heteroatoms.